The second kappa shape index (κ2) is 9.54. The second-order valence-electron chi connectivity index (χ2n) is 7.03. The summed E-state index contributed by atoms with van der Waals surface area (Å²) >= 11 is 0. The Labute approximate surface area is 176 Å². The molecule has 1 N–H and O–H groups in total. The van der Waals surface area contributed by atoms with E-state index in [-0.39, 0.29) is 11.3 Å². The van der Waals surface area contributed by atoms with Crippen LogP contribution in [0, 0.1) is 0 Å². The molecule has 0 spiro atoms. The molecule has 0 unspecified atom stereocenters. The van der Waals surface area contributed by atoms with Gasteiger partial charge >= 0.3 is 0 Å². The quantitative estimate of drug-likeness (QED) is 0.410. The van der Waals surface area contributed by atoms with Crippen molar-refractivity contribution in [2.75, 3.05) is 33.3 Å². The van der Waals surface area contributed by atoms with Crippen LogP contribution in [0.15, 0.2) is 54.4 Å². The lowest BCUT2D eigenvalue weighted by atomic mass is 9.96. The number of rotatable bonds is 8. The Morgan fingerprint density at radius 3 is 2.30 bits per heavy atom. The smallest absolute Gasteiger partial charge is 0.295 e. The molecule has 1 fully saturated rings. The molecule has 7 nitrogen and oxygen atoms in total. The molecule has 0 bridgehead atoms. The fourth-order valence-electron chi connectivity index (χ4n) is 3.70. The van der Waals surface area contributed by atoms with Gasteiger partial charge in [-0.2, -0.15) is 0 Å². The number of carbonyl (C=O) groups is 2. The van der Waals surface area contributed by atoms with Crippen molar-refractivity contribution in [3.8, 4) is 5.75 Å². The molecule has 0 aliphatic carbocycles. The van der Waals surface area contributed by atoms with E-state index in [0.29, 0.717) is 24.4 Å². The number of aliphatic hydroxyl groups excluding tert-OH is 1. The van der Waals surface area contributed by atoms with E-state index in [9.17, 15) is 14.7 Å². The second-order valence-corrected chi connectivity index (χ2v) is 7.03. The lowest BCUT2D eigenvalue weighted by molar-refractivity contribution is -0.140. The average Bonchev–Trinajstić information content (AvgIpc) is 3.05. The van der Waals surface area contributed by atoms with Gasteiger partial charge in [0, 0.05) is 31.0 Å². The van der Waals surface area contributed by atoms with E-state index in [1.54, 1.807) is 60.8 Å². The summed E-state index contributed by atoms with van der Waals surface area (Å²) in [6.45, 7) is 6.85. The summed E-state index contributed by atoms with van der Waals surface area (Å²) < 4.78 is 5.16. The molecule has 1 aliphatic rings. The number of amides is 1. The molecule has 1 aromatic heterocycles. The molecule has 1 saturated heterocycles. The van der Waals surface area contributed by atoms with E-state index >= 15 is 0 Å². The van der Waals surface area contributed by atoms with Crippen molar-refractivity contribution >= 4 is 17.4 Å². The zero-order valence-electron chi connectivity index (χ0n) is 17.5. The lowest BCUT2D eigenvalue weighted by Gasteiger charge is -2.28. The molecule has 7 heteroatoms. The van der Waals surface area contributed by atoms with Gasteiger partial charge in [-0.1, -0.05) is 13.8 Å². The van der Waals surface area contributed by atoms with Crippen molar-refractivity contribution in [2.24, 2.45) is 0 Å². The minimum atomic E-state index is -0.676. The van der Waals surface area contributed by atoms with Crippen LogP contribution in [-0.2, 0) is 9.59 Å². The van der Waals surface area contributed by atoms with E-state index in [4.69, 9.17) is 4.74 Å². The van der Waals surface area contributed by atoms with Crippen LogP contribution < -0.4 is 4.74 Å². The maximum Gasteiger partial charge on any atom is 0.295 e. The first-order valence-corrected chi connectivity index (χ1v) is 10.1. The van der Waals surface area contributed by atoms with Crippen LogP contribution >= 0.6 is 0 Å². The van der Waals surface area contributed by atoms with Gasteiger partial charge in [0.25, 0.3) is 11.7 Å². The number of hydrogen-bond donors (Lipinski definition) is 1. The topological polar surface area (TPSA) is 83.0 Å². The molecule has 1 atom stereocenters. The highest BCUT2D eigenvalue weighted by Gasteiger charge is 2.45. The Morgan fingerprint density at radius 1 is 1.10 bits per heavy atom. The van der Waals surface area contributed by atoms with E-state index in [1.165, 1.54) is 0 Å². The Morgan fingerprint density at radius 2 is 1.73 bits per heavy atom. The maximum absolute atomic E-state index is 13.0. The Hall–Kier alpha value is -3.19. The van der Waals surface area contributed by atoms with Crippen molar-refractivity contribution in [3.05, 3.63) is 65.5 Å². The number of pyridine rings is 1. The molecule has 2 heterocycles. The minimum Gasteiger partial charge on any atom is -0.507 e. The predicted molar refractivity (Wildman–Crippen MR) is 114 cm³/mol. The Kier molecular flexibility index (Phi) is 6.84. The summed E-state index contributed by atoms with van der Waals surface area (Å²) in [5, 5.41) is 11.0. The number of carbonyl (C=O) groups excluding carboxylic acids is 2. The van der Waals surface area contributed by atoms with Gasteiger partial charge in [-0.05, 0) is 55.1 Å². The molecule has 2 aromatic rings. The van der Waals surface area contributed by atoms with Crippen LogP contribution in [-0.4, -0.2) is 64.9 Å². The van der Waals surface area contributed by atoms with Gasteiger partial charge in [0.1, 0.15) is 11.5 Å². The highest BCUT2D eigenvalue weighted by molar-refractivity contribution is 6.46. The highest BCUT2D eigenvalue weighted by atomic mass is 16.5. The first kappa shape index (κ1) is 21.5. The monoisotopic (exact) mass is 409 g/mol. The van der Waals surface area contributed by atoms with Crippen LogP contribution in [0.1, 0.15) is 31.0 Å². The standard InChI is InChI=1S/C23H27N3O4/c1-4-25(5-2)14-15-26-20(16-10-12-24-13-11-16)19(22(28)23(26)29)21(27)17-6-8-18(30-3)9-7-17/h6-13,20,27H,4-5,14-15H2,1-3H3/t20-/m1/s1. The molecular weight excluding hydrogens is 382 g/mol. The third-order valence-electron chi connectivity index (χ3n) is 5.48. The summed E-state index contributed by atoms with van der Waals surface area (Å²) in [7, 11) is 1.56. The van der Waals surface area contributed by atoms with Crippen LogP contribution in [0.4, 0.5) is 0 Å². The average molecular weight is 409 g/mol. The molecular formula is C23H27N3O4. The fourth-order valence-corrected chi connectivity index (χ4v) is 3.70. The number of ether oxygens (including phenoxy) is 1. The minimum absolute atomic E-state index is 0.0934. The van der Waals surface area contributed by atoms with E-state index in [2.05, 4.69) is 23.7 Å². The van der Waals surface area contributed by atoms with Gasteiger partial charge in [-0.3, -0.25) is 14.6 Å². The summed E-state index contributed by atoms with van der Waals surface area (Å²) in [4.78, 5) is 33.6. The van der Waals surface area contributed by atoms with E-state index < -0.39 is 17.7 Å². The zero-order valence-corrected chi connectivity index (χ0v) is 17.5. The van der Waals surface area contributed by atoms with Gasteiger partial charge < -0.3 is 19.6 Å². The highest BCUT2D eigenvalue weighted by Crippen LogP contribution is 2.39. The first-order chi connectivity index (χ1) is 14.5. The number of aromatic nitrogens is 1. The molecule has 3 rings (SSSR count). The number of hydrogen-bond acceptors (Lipinski definition) is 6. The number of nitrogens with zero attached hydrogens (tertiary/aromatic N) is 3. The lowest BCUT2D eigenvalue weighted by Crippen LogP contribution is -2.38. The number of aliphatic hydroxyl groups is 1. The van der Waals surface area contributed by atoms with Crippen molar-refractivity contribution in [1.82, 2.24) is 14.8 Å². The zero-order chi connectivity index (χ0) is 21.7. The largest absolute Gasteiger partial charge is 0.507 e. The van der Waals surface area contributed by atoms with E-state index in [1.807, 2.05) is 0 Å². The number of benzene rings is 1. The van der Waals surface area contributed by atoms with Crippen LogP contribution in [0.3, 0.4) is 0 Å². The summed E-state index contributed by atoms with van der Waals surface area (Å²) in [6, 6.07) is 9.61. The van der Waals surface area contributed by atoms with Gasteiger partial charge in [0.05, 0.1) is 18.7 Å². The number of likely N-dealkylation sites (tertiary alicyclic amines) is 1. The molecule has 30 heavy (non-hydrogen) atoms. The van der Waals surface area contributed by atoms with Crippen molar-refractivity contribution in [2.45, 2.75) is 19.9 Å². The van der Waals surface area contributed by atoms with Gasteiger partial charge in [-0.25, -0.2) is 0 Å². The molecule has 1 aliphatic heterocycles. The van der Waals surface area contributed by atoms with Crippen molar-refractivity contribution in [1.29, 1.82) is 0 Å². The van der Waals surface area contributed by atoms with E-state index in [0.717, 1.165) is 18.7 Å². The van der Waals surface area contributed by atoms with Crippen LogP contribution in [0.5, 0.6) is 5.75 Å². The normalized spacial score (nSPS) is 18.3. The summed E-state index contributed by atoms with van der Waals surface area (Å²) in [6.07, 6.45) is 3.24. The van der Waals surface area contributed by atoms with Crippen LogP contribution in [0.2, 0.25) is 0 Å². The molecule has 0 radical (unpaired) electrons. The van der Waals surface area contributed by atoms with Crippen molar-refractivity contribution in [3.63, 3.8) is 0 Å². The van der Waals surface area contributed by atoms with Gasteiger partial charge in [0.15, 0.2) is 0 Å². The summed E-state index contributed by atoms with van der Waals surface area (Å²) in [5.41, 5.74) is 1.28. The number of methoxy groups -OCH3 is 1. The molecule has 158 valence electrons. The third kappa shape index (κ3) is 4.21. The van der Waals surface area contributed by atoms with Crippen LogP contribution in [0.25, 0.3) is 5.76 Å². The van der Waals surface area contributed by atoms with Gasteiger partial charge in [-0.15, -0.1) is 0 Å². The number of likely N-dealkylation sites (N-methyl/N-ethyl adjacent to an activating group) is 1. The summed E-state index contributed by atoms with van der Waals surface area (Å²) in [5.74, 6) is -0.830. The molecule has 1 aromatic carbocycles. The fraction of sp³-hybridized carbons (Fsp3) is 0.348. The maximum atomic E-state index is 13.0. The Balaban J connectivity index is 2.05. The first-order valence-electron chi connectivity index (χ1n) is 10.1. The third-order valence-corrected chi connectivity index (χ3v) is 5.48. The van der Waals surface area contributed by atoms with Gasteiger partial charge in [0.2, 0.25) is 0 Å². The van der Waals surface area contributed by atoms with Crippen molar-refractivity contribution < 1.29 is 19.4 Å². The SMILES string of the molecule is CCN(CC)CCN1C(=O)C(=O)C(=C(O)c2ccc(OC)cc2)[C@H]1c1ccncc1. The Bertz CT molecular complexity index is 921. The number of ketones is 1. The molecule has 0 saturated carbocycles. The predicted octanol–water partition coefficient (Wildman–Crippen LogP) is 2.85. The number of Topliss-reactive ketones (excluding diaryl/α,β-unsaturated/α-hetero) is 1. The molecule has 1 amide bonds.